The van der Waals surface area contributed by atoms with Crippen LogP contribution in [0, 0.1) is 0 Å². The molecule has 17 heavy (non-hydrogen) atoms. The highest BCUT2D eigenvalue weighted by Gasteiger charge is 2.18. The van der Waals surface area contributed by atoms with Gasteiger partial charge in [0.25, 0.3) is 0 Å². The van der Waals surface area contributed by atoms with Gasteiger partial charge in [-0.15, -0.1) is 0 Å². The Hall–Kier alpha value is -1.72. The lowest BCUT2D eigenvalue weighted by Gasteiger charge is -2.19. The number of aromatic nitrogens is 2. The first-order valence-corrected chi connectivity index (χ1v) is 5.53. The minimum absolute atomic E-state index is 0.187. The van der Waals surface area contributed by atoms with E-state index in [-0.39, 0.29) is 11.9 Å². The fraction of sp³-hybridized carbons (Fsp3) is 0.636. The average Bonchev–Trinajstić information content (AvgIpc) is 2.44. The molecule has 96 valence electrons. The number of nitrogens with one attached hydrogen (secondary N) is 1. The van der Waals surface area contributed by atoms with E-state index in [4.69, 9.17) is 10.5 Å². The van der Waals surface area contributed by atoms with E-state index in [0.29, 0.717) is 5.69 Å². The predicted octanol–water partition coefficient (Wildman–Crippen LogP) is 2.39. The summed E-state index contributed by atoms with van der Waals surface area (Å²) in [4.78, 5) is 11.5. The highest BCUT2D eigenvalue weighted by atomic mass is 16.6. The molecule has 0 aromatic carbocycles. The number of hydrogen-bond acceptors (Lipinski definition) is 4. The number of nitrogen functional groups attached to an aromatic ring is 1. The molecular weight excluding hydrogens is 220 g/mol. The highest BCUT2D eigenvalue weighted by molar-refractivity contribution is 5.87. The molecule has 0 radical (unpaired) electrons. The van der Waals surface area contributed by atoms with Crippen LogP contribution < -0.4 is 11.1 Å². The van der Waals surface area contributed by atoms with Crippen LogP contribution in [-0.4, -0.2) is 21.5 Å². The number of nitrogens with two attached hydrogens (primary N) is 1. The molecule has 0 aliphatic rings. The molecule has 1 heterocycles. The van der Waals surface area contributed by atoms with Gasteiger partial charge in [-0.05, 0) is 34.6 Å². The Balaban J connectivity index is 2.72. The van der Waals surface area contributed by atoms with Gasteiger partial charge in [0.05, 0.1) is 6.20 Å². The topological polar surface area (TPSA) is 82.2 Å². The zero-order chi connectivity index (χ0) is 13.2. The van der Waals surface area contributed by atoms with E-state index in [0.717, 1.165) is 0 Å². The van der Waals surface area contributed by atoms with E-state index >= 15 is 0 Å². The van der Waals surface area contributed by atoms with Crippen molar-refractivity contribution in [3.8, 4) is 0 Å². The molecule has 1 amide bonds. The normalized spacial score (nSPS) is 11.6. The van der Waals surface area contributed by atoms with E-state index in [9.17, 15) is 4.79 Å². The van der Waals surface area contributed by atoms with Gasteiger partial charge in [0.15, 0.2) is 5.82 Å². The van der Waals surface area contributed by atoms with E-state index in [1.54, 1.807) is 31.6 Å². The lowest BCUT2D eigenvalue weighted by atomic mass is 10.2. The minimum atomic E-state index is -0.535. The van der Waals surface area contributed by atoms with Gasteiger partial charge in [0, 0.05) is 6.04 Å². The SMILES string of the molecule is CC(C)n1cc(NC(=O)OC(C)(C)C)c(N)n1. The van der Waals surface area contributed by atoms with E-state index in [1.807, 2.05) is 13.8 Å². The number of ether oxygens (including phenoxy) is 1. The predicted molar refractivity (Wildman–Crippen MR) is 66.9 cm³/mol. The van der Waals surface area contributed by atoms with Crippen LogP contribution in [-0.2, 0) is 4.74 Å². The Bertz CT molecular complexity index is 404. The summed E-state index contributed by atoms with van der Waals surface area (Å²) < 4.78 is 6.81. The molecule has 0 spiro atoms. The molecule has 1 aromatic rings. The molecule has 0 saturated carbocycles. The van der Waals surface area contributed by atoms with Gasteiger partial charge in [0.2, 0.25) is 0 Å². The third kappa shape index (κ3) is 3.97. The minimum Gasteiger partial charge on any atom is -0.444 e. The van der Waals surface area contributed by atoms with Crippen molar-refractivity contribution in [1.29, 1.82) is 0 Å². The lowest BCUT2D eigenvalue weighted by molar-refractivity contribution is 0.0636. The fourth-order valence-corrected chi connectivity index (χ4v) is 1.18. The molecule has 0 saturated heterocycles. The van der Waals surface area contributed by atoms with Gasteiger partial charge in [-0.3, -0.25) is 10.00 Å². The summed E-state index contributed by atoms with van der Waals surface area (Å²) >= 11 is 0. The second kappa shape index (κ2) is 4.65. The van der Waals surface area contributed by atoms with E-state index in [2.05, 4.69) is 10.4 Å². The van der Waals surface area contributed by atoms with Crippen LogP contribution >= 0.6 is 0 Å². The second-order valence-corrected chi connectivity index (χ2v) is 5.13. The van der Waals surface area contributed by atoms with Crippen molar-refractivity contribution in [3.63, 3.8) is 0 Å². The first-order valence-electron chi connectivity index (χ1n) is 5.53. The Morgan fingerprint density at radius 3 is 2.53 bits per heavy atom. The monoisotopic (exact) mass is 240 g/mol. The molecule has 0 aliphatic heterocycles. The zero-order valence-electron chi connectivity index (χ0n) is 10.9. The second-order valence-electron chi connectivity index (χ2n) is 5.13. The van der Waals surface area contributed by atoms with Crippen LogP contribution in [0.4, 0.5) is 16.3 Å². The fourth-order valence-electron chi connectivity index (χ4n) is 1.18. The number of nitrogens with zero attached hydrogens (tertiary/aromatic N) is 2. The van der Waals surface area contributed by atoms with Crippen molar-refractivity contribution in [2.45, 2.75) is 46.3 Å². The smallest absolute Gasteiger partial charge is 0.412 e. The summed E-state index contributed by atoms with van der Waals surface area (Å²) in [6.45, 7) is 9.35. The Kier molecular flexibility index (Phi) is 3.65. The molecular formula is C11H20N4O2. The maximum Gasteiger partial charge on any atom is 0.412 e. The van der Waals surface area contributed by atoms with Gasteiger partial charge in [-0.25, -0.2) is 4.79 Å². The third-order valence-electron chi connectivity index (χ3n) is 1.93. The summed E-state index contributed by atoms with van der Waals surface area (Å²) in [5, 5.41) is 6.66. The van der Waals surface area contributed by atoms with Gasteiger partial charge in [-0.1, -0.05) is 0 Å². The summed E-state index contributed by atoms with van der Waals surface area (Å²) in [7, 11) is 0. The van der Waals surface area contributed by atoms with Gasteiger partial charge in [0.1, 0.15) is 11.3 Å². The van der Waals surface area contributed by atoms with Gasteiger partial charge in [-0.2, -0.15) is 5.10 Å². The van der Waals surface area contributed by atoms with Crippen molar-refractivity contribution in [1.82, 2.24) is 9.78 Å². The average molecular weight is 240 g/mol. The summed E-state index contributed by atoms with van der Waals surface area (Å²) in [5.74, 6) is 0.282. The summed E-state index contributed by atoms with van der Waals surface area (Å²) in [6, 6.07) is 0.187. The number of carbonyl (C=O) groups excluding carboxylic acids is 1. The van der Waals surface area contributed by atoms with E-state index in [1.165, 1.54) is 0 Å². The molecule has 6 nitrogen and oxygen atoms in total. The number of hydrogen-bond donors (Lipinski definition) is 2. The first-order chi connectivity index (χ1) is 7.69. The van der Waals surface area contributed by atoms with Crippen molar-refractivity contribution in [2.24, 2.45) is 0 Å². The van der Waals surface area contributed by atoms with Crippen LogP contribution in [0.2, 0.25) is 0 Å². The molecule has 0 bridgehead atoms. The Morgan fingerprint density at radius 1 is 1.53 bits per heavy atom. The van der Waals surface area contributed by atoms with Crippen LogP contribution in [0.1, 0.15) is 40.7 Å². The largest absolute Gasteiger partial charge is 0.444 e. The van der Waals surface area contributed by atoms with Gasteiger partial charge < -0.3 is 10.5 Å². The Morgan fingerprint density at radius 2 is 2.12 bits per heavy atom. The molecule has 0 fully saturated rings. The van der Waals surface area contributed by atoms with Crippen molar-refractivity contribution in [3.05, 3.63) is 6.20 Å². The molecule has 0 atom stereocenters. The highest BCUT2D eigenvalue weighted by Crippen LogP contribution is 2.19. The maximum absolute atomic E-state index is 11.5. The van der Waals surface area contributed by atoms with Crippen LogP contribution in [0.5, 0.6) is 0 Å². The molecule has 3 N–H and O–H groups in total. The number of rotatable bonds is 2. The third-order valence-corrected chi connectivity index (χ3v) is 1.93. The molecule has 0 aliphatic carbocycles. The van der Waals surface area contributed by atoms with Crippen LogP contribution in [0.15, 0.2) is 6.20 Å². The van der Waals surface area contributed by atoms with Gasteiger partial charge >= 0.3 is 6.09 Å². The quantitative estimate of drug-likeness (QED) is 0.831. The van der Waals surface area contributed by atoms with E-state index < -0.39 is 11.7 Å². The molecule has 6 heteroatoms. The number of amides is 1. The standard InChI is InChI=1S/C11H20N4O2/c1-7(2)15-6-8(9(12)14-15)13-10(16)17-11(3,4)5/h6-7H,1-5H3,(H2,12,14)(H,13,16). The summed E-state index contributed by atoms with van der Waals surface area (Å²) in [5.41, 5.74) is 5.62. The Labute approximate surface area is 101 Å². The molecule has 1 aromatic heterocycles. The van der Waals surface area contributed by atoms with Crippen LogP contribution in [0.3, 0.4) is 0 Å². The van der Waals surface area contributed by atoms with Crippen LogP contribution in [0.25, 0.3) is 0 Å². The van der Waals surface area contributed by atoms with Crippen molar-refractivity contribution < 1.29 is 9.53 Å². The molecule has 0 unspecified atom stereocenters. The lowest BCUT2D eigenvalue weighted by Crippen LogP contribution is -2.27. The van der Waals surface area contributed by atoms with Crippen molar-refractivity contribution >= 4 is 17.6 Å². The molecule has 1 rings (SSSR count). The van der Waals surface area contributed by atoms with Crippen molar-refractivity contribution in [2.75, 3.05) is 11.1 Å². The zero-order valence-corrected chi connectivity index (χ0v) is 10.9. The number of anilines is 2. The number of carbonyl (C=O) groups is 1. The first kappa shape index (κ1) is 13.3. The summed E-state index contributed by atoms with van der Waals surface area (Å²) in [6.07, 6.45) is 1.15. The maximum atomic E-state index is 11.5.